The zero-order valence-corrected chi connectivity index (χ0v) is 15.4. The summed E-state index contributed by atoms with van der Waals surface area (Å²) in [6.45, 7) is 2.96. The van der Waals surface area contributed by atoms with Gasteiger partial charge in [-0.3, -0.25) is 14.0 Å². The first-order chi connectivity index (χ1) is 12.3. The minimum Gasteiger partial charge on any atom is -0.403 e. The topological polar surface area (TPSA) is 118 Å². The molecule has 3 heterocycles. The first-order valence-corrected chi connectivity index (χ1v) is 10.2. The Kier molecular flexibility index (Phi) is 4.97. The monoisotopic (exact) mass is 380 g/mol. The molecule has 0 aromatic carbocycles. The Bertz CT molecular complexity index is 1070. The van der Waals surface area contributed by atoms with Crippen LogP contribution in [0.3, 0.4) is 0 Å². The second-order valence-electron chi connectivity index (χ2n) is 6.13. The van der Waals surface area contributed by atoms with Crippen LogP contribution in [-0.2, 0) is 16.1 Å². The molecule has 9 nitrogen and oxygen atoms in total. The molecular weight excluding hydrogens is 360 g/mol. The van der Waals surface area contributed by atoms with E-state index in [1.807, 2.05) is 11.2 Å². The number of aromatic nitrogens is 2. The lowest BCUT2D eigenvalue weighted by molar-refractivity contribution is 0.304. The van der Waals surface area contributed by atoms with Crippen LogP contribution in [0.1, 0.15) is 25.3 Å². The molecular formula is C16H20N4O5S. The number of hydrogen-bond acceptors (Lipinski definition) is 7. The van der Waals surface area contributed by atoms with Crippen LogP contribution < -0.4 is 16.0 Å². The smallest absolute Gasteiger partial charge is 0.337 e. The summed E-state index contributed by atoms with van der Waals surface area (Å²) in [5, 5.41) is 4.24. The van der Waals surface area contributed by atoms with Crippen molar-refractivity contribution in [3.05, 3.63) is 32.4 Å². The predicted molar refractivity (Wildman–Crippen MR) is 100 cm³/mol. The van der Waals surface area contributed by atoms with Gasteiger partial charge < -0.3 is 9.25 Å². The van der Waals surface area contributed by atoms with Gasteiger partial charge in [-0.05, 0) is 17.9 Å². The minimum absolute atomic E-state index is 0.0779. The maximum absolute atomic E-state index is 12.3. The highest BCUT2D eigenvalue weighted by molar-refractivity contribution is 7.97. The van der Waals surface area contributed by atoms with Crippen molar-refractivity contribution in [1.82, 2.24) is 14.3 Å². The van der Waals surface area contributed by atoms with E-state index in [1.54, 1.807) is 6.26 Å². The van der Waals surface area contributed by atoms with E-state index in [0.29, 0.717) is 37.9 Å². The van der Waals surface area contributed by atoms with Crippen LogP contribution in [0.25, 0.3) is 11.1 Å². The number of fused-ring (bicyclic) bond motifs is 1. The summed E-state index contributed by atoms with van der Waals surface area (Å²) >= 11 is 0. The molecule has 0 radical (unpaired) electrons. The Labute approximate surface area is 149 Å². The Hall–Kier alpha value is -2.46. The Morgan fingerprint density at radius 2 is 2.12 bits per heavy atom. The lowest BCUT2D eigenvalue weighted by Gasteiger charge is -2.27. The van der Waals surface area contributed by atoms with Gasteiger partial charge in [0.25, 0.3) is 5.56 Å². The predicted octanol–water partition coefficient (Wildman–Crippen LogP) is 0.530. The van der Waals surface area contributed by atoms with Crippen molar-refractivity contribution in [3.8, 4) is 6.01 Å². The van der Waals surface area contributed by atoms with E-state index in [0.717, 1.165) is 5.71 Å². The van der Waals surface area contributed by atoms with Gasteiger partial charge >= 0.3 is 11.6 Å². The highest BCUT2D eigenvalue weighted by atomic mass is 32.2. The maximum atomic E-state index is 12.3. The molecule has 1 fully saturated rings. The van der Waals surface area contributed by atoms with Crippen LogP contribution in [0.2, 0.25) is 0 Å². The SMILES string of the molecule is C=S(C)(=O)N1CCC(=NOc2nc3oc(=O)cc(CC)c3c(=O)[nH]2)CC1. The zero-order chi connectivity index (χ0) is 18.9. The number of hydrogen-bond donors (Lipinski definition) is 1. The molecule has 0 bridgehead atoms. The van der Waals surface area contributed by atoms with Crippen molar-refractivity contribution < 1.29 is 13.5 Å². The zero-order valence-electron chi connectivity index (χ0n) is 14.6. The molecule has 0 saturated carbocycles. The number of piperidine rings is 1. The van der Waals surface area contributed by atoms with Gasteiger partial charge in [-0.2, -0.15) is 4.98 Å². The molecule has 26 heavy (non-hydrogen) atoms. The second-order valence-corrected chi connectivity index (χ2v) is 8.57. The lowest BCUT2D eigenvalue weighted by Crippen LogP contribution is -2.37. The molecule has 1 atom stereocenters. The molecule has 1 unspecified atom stereocenters. The molecule has 0 amide bonds. The van der Waals surface area contributed by atoms with E-state index in [4.69, 9.17) is 9.25 Å². The molecule has 1 N–H and O–H groups in total. The maximum Gasteiger partial charge on any atom is 0.337 e. The summed E-state index contributed by atoms with van der Waals surface area (Å²) in [7, 11) is -2.22. The van der Waals surface area contributed by atoms with Crippen LogP contribution in [0, 0.1) is 0 Å². The van der Waals surface area contributed by atoms with Gasteiger partial charge in [0, 0.05) is 48.0 Å². The van der Waals surface area contributed by atoms with Crippen LogP contribution in [0.5, 0.6) is 6.01 Å². The quantitative estimate of drug-likeness (QED) is 0.611. The number of H-pyrrole nitrogens is 1. The number of aromatic amines is 1. The third-order valence-corrected chi connectivity index (χ3v) is 5.62. The summed E-state index contributed by atoms with van der Waals surface area (Å²) in [6.07, 6.45) is 3.26. The highest BCUT2D eigenvalue weighted by Crippen LogP contribution is 2.15. The van der Waals surface area contributed by atoms with Gasteiger partial charge in [-0.1, -0.05) is 12.1 Å². The molecule has 1 saturated heterocycles. The van der Waals surface area contributed by atoms with Crippen molar-refractivity contribution >= 4 is 32.4 Å². The van der Waals surface area contributed by atoms with Gasteiger partial charge in [0.1, 0.15) is 5.39 Å². The molecule has 0 spiro atoms. The summed E-state index contributed by atoms with van der Waals surface area (Å²) < 4.78 is 18.7. The van der Waals surface area contributed by atoms with Crippen LogP contribution >= 0.6 is 0 Å². The number of nitrogens with zero attached hydrogens (tertiary/aromatic N) is 3. The number of rotatable bonds is 4. The van der Waals surface area contributed by atoms with E-state index in [-0.39, 0.29) is 17.1 Å². The van der Waals surface area contributed by atoms with Crippen LogP contribution in [0.4, 0.5) is 0 Å². The van der Waals surface area contributed by atoms with Gasteiger partial charge in [-0.25, -0.2) is 9.10 Å². The Morgan fingerprint density at radius 1 is 1.42 bits per heavy atom. The normalized spacial score (nSPS) is 17.8. The van der Waals surface area contributed by atoms with Crippen LogP contribution in [-0.4, -0.2) is 49.4 Å². The summed E-state index contributed by atoms with van der Waals surface area (Å²) in [4.78, 5) is 35.6. The Balaban J connectivity index is 1.82. The largest absolute Gasteiger partial charge is 0.403 e. The fourth-order valence-corrected chi connectivity index (χ4v) is 3.74. The molecule has 2 aromatic heterocycles. The van der Waals surface area contributed by atoms with Crippen molar-refractivity contribution in [2.75, 3.05) is 19.3 Å². The fourth-order valence-electron chi connectivity index (χ4n) is 2.78. The van der Waals surface area contributed by atoms with Gasteiger partial charge in [0.05, 0.1) is 5.71 Å². The standard InChI is InChI=1S/C16H20N4O5S/c1-4-10-9-12(21)24-15-13(10)14(22)17-16(18-15)25-19-11-5-7-20(8-6-11)26(2,3)23/h9H,2,4-8H2,1,3H3,(H,17,18,22). The van der Waals surface area contributed by atoms with Crippen molar-refractivity contribution in [2.45, 2.75) is 26.2 Å². The fraction of sp³-hybridized carbons (Fsp3) is 0.438. The molecule has 2 aromatic rings. The van der Waals surface area contributed by atoms with E-state index in [2.05, 4.69) is 21.0 Å². The molecule has 3 rings (SSSR count). The first-order valence-electron chi connectivity index (χ1n) is 8.15. The molecule has 1 aliphatic heterocycles. The van der Waals surface area contributed by atoms with Gasteiger partial charge in [-0.15, -0.1) is 0 Å². The minimum atomic E-state index is -2.22. The first kappa shape index (κ1) is 18.3. The Morgan fingerprint density at radius 3 is 2.73 bits per heavy atom. The molecule has 0 aliphatic carbocycles. The average molecular weight is 380 g/mol. The third-order valence-electron chi connectivity index (χ3n) is 4.16. The lowest BCUT2D eigenvalue weighted by atomic mass is 10.1. The van der Waals surface area contributed by atoms with Gasteiger partial charge in [0.15, 0.2) is 0 Å². The number of aryl methyl sites for hydroxylation is 1. The van der Waals surface area contributed by atoms with Crippen LogP contribution in [0.15, 0.2) is 25.2 Å². The number of nitrogens with one attached hydrogen (secondary N) is 1. The third kappa shape index (κ3) is 3.86. The van der Waals surface area contributed by atoms with E-state index in [1.165, 1.54) is 6.07 Å². The molecule has 1 aliphatic rings. The van der Waals surface area contributed by atoms with Gasteiger partial charge in [0.2, 0.25) is 5.71 Å². The van der Waals surface area contributed by atoms with Crippen molar-refractivity contribution in [1.29, 1.82) is 0 Å². The summed E-state index contributed by atoms with van der Waals surface area (Å²) in [6, 6.07) is 1.13. The van der Waals surface area contributed by atoms with E-state index in [9.17, 15) is 13.8 Å². The van der Waals surface area contributed by atoms with Crippen molar-refractivity contribution in [2.24, 2.45) is 5.16 Å². The average Bonchev–Trinajstić information content (AvgIpc) is 2.58. The summed E-state index contributed by atoms with van der Waals surface area (Å²) in [5.74, 6) is 3.67. The molecule has 140 valence electrons. The van der Waals surface area contributed by atoms with Crippen molar-refractivity contribution in [3.63, 3.8) is 0 Å². The van der Waals surface area contributed by atoms with E-state index < -0.39 is 20.9 Å². The molecule has 10 heteroatoms. The number of oxime groups is 1. The second kappa shape index (κ2) is 7.04. The van der Waals surface area contributed by atoms with E-state index >= 15 is 0 Å². The summed E-state index contributed by atoms with van der Waals surface area (Å²) in [5.41, 5.74) is 0.214. The highest BCUT2D eigenvalue weighted by Gasteiger charge is 2.19.